The number of alkyl halides is 1. The monoisotopic (exact) mass is 526 g/mol. The Morgan fingerprint density at radius 1 is 1.03 bits per heavy atom. The van der Waals surface area contributed by atoms with Crippen molar-refractivity contribution in [1.82, 2.24) is 20.4 Å². The molecule has 3 amide bonds. The standard InChI is InChI=1S/C30H43FN4O3/c1-6-9-15-25(13-7-2)22-32-30(38)27(14-8-3)33-29(37)26(20-24-16-11-10-12-17-24)21-28(36)35(5)19-18-34(4)23-31/h1,3,10-12,16-17,25-27H,7,9,13-15,18-23H2,2,4-5H3,(H,32,38)(H,33,37)/t25?,26-,27?/m1/s1. The van der Waals surface area contributed by atoms with Crippen molar-refractivity contribution >= 4 is 17.7 Å². The quantitative estimate of drug-likeness (QED) is 0.228. The number of carbonyl (C=O) groups excluding carboxylic acids is 3. The summed E-state index contributed by atoms with van der Waals surface area (Å²) in [5, 5.41) is 5.71. The normalized spacial score (nSPS) is 13.0. The van der Waals surface area contributed by atoms with Crippen molar-refractivity contribution in [2.24, 2.45) is 11.8 Å². The van der Waals surface area contributed by atoms with Gasteiger partial charge in [0.25, 0.3) is 0 Å². The largest absolute Gasteiger partial charge is 0.354 e. The van der Waals surface area contributed by atoms with E-state index in [1.54, 1.807) is 14.1 Å². The molecule has 3 atom stereocenters. The van der Waals surface area contributed by atoms with Crippen LogP contribution >= 0.6 is 0 Å². The highest BCUT2D eigenvalue weighted by Crippen LogP contribution is 2.16. The second kappa shape index (κ2) is 18.8. The van der Waals surface area contributed by atoms with Gasteiger partial charge in [0.05, 0.1) is 5.92 Å². The topological polar surface area (TPSA) is 81.8 Å². The number of terminal acetylenes is 2. The maximum absolute atomic E-state index is 13.4. The minimum Gasteiger partial charge on any atom is -0.354 e. The molecule has 38 heavy (non-hydrogen) atoms. The van der Waals surface area contributed by atoms with Crippen molar-refractivity contribution in [3.63, 3.8) is 0 Å². The fourth-order valence-corrected chi connectivity index (χ4v) is 4.06. The summed E-state index contributed by atoms with van der Waals surface area (Å²) in [7, 11) is 3.26. The molecule has 0 aromatic heterocycles. The van der Waals surface area contributed by atoms with Gasteiger partial charge in [0.15, 0.2) is 0 Å². The van der Waals surface area contributed by atoms with Crippen LogP contribution in [0.25, 0.3) is 0 Å². The van der Waals surface area contributed by atoms with Gasteiger partial charge in [-0.3, -0.25) is 19.3 Å². The molecule has 1 aromatic rings. The molecule has 0 radical (unpaired) electrons. The van der Waals surface area contributed by atoms with Crippen LogP contribution in [0, 0.1) is 36.5 Å². The lowest BCUT2D eigenvalue weighted by atomic mass is 9.94. The first kappa shape index (κ1) is 32.7. The molecule has 1 aromatic carbocycles. The van der Waals surface area contributed by atoms with Gasteiger partial charge in [-0.2, -0.15) is 0 Å². The number of benzene rings is 1. The number of carbonyl (C=O) groups is 3. The summed E-state index contributed by atoms with van der Waals surface area (Å²) in [6.45, 7) is 2.63. The average Bonchev–Trinajstić information content (AvgIpc) is 2.92. The predicted octanol–water partition coefficient (Wildman–Crippen LogP) is 3.01. The number of likely N-dealkylation sites (N-methyl/N-ethyl adjacent to an activating group) is 2. The zero-order chi connectivity index (χ0) is 28.3. The number of amides is 3. The van der Waals surface area contributed by atoms with Crippen molar-refractivity contribution in [2.45, 2.75) is 57.9 Å². The molecule has 7 nitrogen and oxygen atoms in total. The van der Waals surface area contributed by atoms with Gasteiger partial charge >= 0.3 is 0 Å². The van der Waals surface area contributed by atoms with Crippen molar-refractivity contribution < 1.29 is 18.8 Å². The average molecular weight is 527 g/mol. The van der Waals surface area contributed by atoms with Gasteiger partial charge in [-0.25, -0.2) is 4.39 Å². The van der Waals surface area contributed by atoms with Crippen molar-refractivity contribution in [3.05, 3.63) is 35.9 Å². The van der Waals surface area contributed by atoms with E-state index >= 15 is 0 Å². The maximum atomic E-state index is 13.4. The molecule has 8 heteroatoms. The third-order valence-electron chi connectivity index (χ3n) is 6.48. The molecule has 0 aliphatic carbocycles. The summed E-state index contributed by atoms with van der Waals surface area (Å²) >= 11 is 0. The van der Waals surface area contributed by atoms with Crippen LogP contribution in [0.5, 0.6) is 0 Å². The van der Waals surface area contributed by atoms with Crippen LogP contribution in [-0.4, -0.2) is 74.1 Å². The molecule has 0 saturated carbocycles. The third kappa shape index (κ3) is 12.7. The number of nitrogens with zero attached hydrogens (tertiary/aromatic N) is 2. The molecule has 0 aliphatic heterocycles. The van der Waals surface area contributed by atoms with Crippen LogP contribution in [0.3, 0.4) is 0 Å². The van der Waals surface area contributed by atoms with Crippen LogP contribution in [0.2, 0.25) is 0 Å². The van der Waals surface area contributed by atoms with Gasteiger partial charge in [0, 0.05) is 45.9 Å². The summed E-state index contributed by atoms with van der Waals surface area (Å²) in [6, 6.07) is 8.48. The van der Waals surface area contributed by atoms with Gasteiger partial charge in [0.2, 0.25) is 17.7 Å². The molecular formula is C30H43FN4O3. The summed E-state index contributed by atoms with van der Waals surface area (Å²) in [4.78, 5) is 42.2. The second-order valence-electron chi connectivity index (χ2n) is 9.72. The Balaban J connectivity index is 2.93. The van der Waals surface area contributed by atoms with E-state index in [0.717, 1.165) is 24.8 Å². The van der Waals surface area contributed by atoms with E-state index in [1.807, 2.05) is 30.3 Å². The predicted molar refractivity (Wildman–Crippen MR) is 149 cm³/mol. The first-order valence-corrected chi connectivity index (χ1v) is 13.2. The lowest BCUT2D eigenvalue weighted by Crippen LogP contribution is -2.50. The van der Waals surface area contributed by atoms with Gasteiger partial charge in [-0.1, -0.05) is 43.7 Å². The number of hydrogen-bond donors (Lipinski definition) is 2. The molecule has 208 valence electrons. The van der Waals surface area contributed by atoms with Crippen LogP contribution < -0.4 is 10.6 Å². The molecule has 0 saturated heterocycles. The lowest BCUT2D eigenvalue weighted by molar-refractivity contribution is -0.136. The smallest absolute Gasteiger partial charge is 0.243 e. The van der Waals surface area contributed by atoms with Gasteiger partial charge < -0.3 is 15.5 Å². The highest BCUT2D eigenvalue weighted by molar-refractivity contribution is 5.91. The first-order valence-electron chi connectivity index (χ1n) is 13.2. The zero-order valence-electron chi connectivity index (χ0n) is 23.0. The minimum atomic E-state index is -0.910. The Kier molecular flexibility index (Phi) is 16.2. The fraction of sp³-hybridized carbons (Fsp3) is 0.567. The Morgan fingerprint density at radius 2 is 1.74 bits per heavy atom. The second-order valence-corrected chi connectivity index (χ2v) is 9.72. The summed E-state index contributed by atoms with van der Waals surface area (Å²) in [5.74, 6) is 3.65. The van der Waals surface area contributed by atoms with Gasteiger partial charge in [0.1, 0.15) is 12.8 Å². The Morgan fingerprint density at radius 3 is 2.34 bits per heavy atom. The highest BCUT2D eigenvalue weighted by Gasteiger charge is 2.28. The molecule has 2 N–H and O–H groups in total. The molecule has 1 rings (SSSR count). The van der Waals surface area contributed by atoms with Crippen molar-refractivity contribution in [2.75, 3.05) is 40.5 Å². The molecule has 0 spiro atoms. The number of halogens is 1. The van der Waals surface area contributed by atoms with Crippen LogP contribution in [0.15, 0.2) is 30.3 Å². The SMILES string of the molecule is C#CCCC(CCC)CNC(=O)C(CC#C)NC(=O)[C@@H](CC(=O)N(C)CCN(C)CF)Cc1ccccc1. The van der Waals surface area contributed by atoms with Crippen LogP contribution in [-0.2, 0) is 20.8 Å². The Bertz CT molecular complexity index is 941. The van der Waals surface area contributed by atoms with Crippen molar-refractivity contribution in [3.8, 4) is 24.7 Å². The molecule has 0 heterocycles. The van der Waals surface area contributed by atoms with E-state index in [4.69, 9.17) is 12.8 Å². The molecule has 0 aliphatic rings. The minimum absolute atomic E-state index is 0.0296. The maximum Gasteiger partial charge on any atom is 0.243 e. The summed E-state index contributed by atoms with van der Waals surface area (Å²) in [6.07, 6.45) is 14.6. The van der Waals surface area contributed by atoms with E-state index in [2.05, 4.69) is 29.4 Å². The number of hydrogen-bond acceptors (Lipinski definition) is 4. The van der Waals surface area contributed by atoms with E-state index in [1.165, 1.54) is 9.80 Å². The molecule has 2 unspecified atom stereocenters. The Hall–Kier alpha value is -3.36. The van der Waals surface area contributed by atoms with Gasteiger partial charge in [-0.15, -0.1) is 24.7 Å². The van der Waals surface area contributed by atoms with Gasteiger partial charge in [-0.05, 0) is 37.8 Å². The van der Waals surface area contributed by atoms with Crippen LogP contribution in [0.4, 0.5) is 4.39 Å². The fourth-order valence-electron chi connectivity index (χ4n) is 4.06. The molecule has 0 bridgehead atoms. The van der Waals surface area contributed by atoms with Crippen LogP contribution in [0.1, 0.15) is 51.0 Å². The van der Waals surface area contributed by atoms with E-state index in [9.17, 15) is 18.8 Å². The zero-order valence-corrected chi connectivity index (χ0v) is 23.0. The number of nitrogens with one attached hydrogen (secondary N) is 2. The lowest BCUT2D eigenvalue weighted by Gasteiger charge is -2.25. The van der Waals surface area contributed by atoms with E-state index in [0.29, 0.717) is 32.5 Å². The first-order chi connectivity index (χ1) is 18.2. The summed E-state index contributed by atoms with van der Waals surface area (Å²) in [5.41, 5.74) is 0.897. The summed E-state index contributed by atoms with van der Waals surface area (Å²) < 4.78 is 12.8. The number of rotatable bonds is 18. The molecular weight excluding hydrogens is 483 g/mol. The Labute approximate surface area is 227 Å². The highest BCUT2D eigenvalue weighted by atomic mass is 19.1. The van der Waals surface area contributed by atoms with E-state index in [-0.39, 0.29) is 30.6 Å². The molecule has 0 fully saturated rings. The third-order valence-corrected chi connectivity index (χ3v) is 6.48. The van der Waals surface area contributed by atoms with Crippen molar-refractivity contribution in [1.29, 1.82) is 0 Å². The van der Waals surface area contributed by atoms with E-state index < -0.39 is 24.7 Å².